The quantitative estimate of drug-likeness (QED) is 0.777. The van der Waals surface area contributed by atoms with E-state index in [1.165, 1.54) is 4.90 Å². The molecule has 0 aromatic rings. The lowest BCUT2D eigenvalue weighted by Gasteiger charge is -2.38. The number of urea groups is 1. The highest BCUT2D eigenvalue weighted by Gasteiger charge is 2.33. The first-order chi connectivity index (χ1) is 8.32. The molecule has 1 aliphatic rings. The van der Waals surface area contributed by atoms with Gasteiger partial charge in [0.2, 0.25) is 0 Å². The zero-order chi connectivity index (χ0) is 13.9. The maximum absolute atomic E-state index is 12.1. The van der Waals surface area contributed by atoms with Crippen LogP contribution in [0.5, 0.6) is 0 Å². The van der Waals surface area contributed by atoms with E-state index in [4.69, 9.17) is 5.11 Å². The third-order valence-electron chi connectivity index (χ3n) is 3.34. The van der Waals surface area contributed by atoms with Gasteiger partial charge in [0.05, 0.1) is 12.0 Å². The van der Waals surface area contributed by atoms with Crippen LogP contribution in [0.2, 0.25) is 0 Å². The Bertz CT molecular complexity index is 319. The molecule has 0 aromatic heterocycles. The average molecular weight is 258 g/mol. The normalized spacial score (nSPS) is 25.7. The van der Waals surface area contributed by atoms with Gasteiger partial charge in [-0.15, -0.1) is 0 Å². The van der Waals surface area contributed by atoms with Crippen molar-refractivity contribution in [2.75, 3.05) is 20.1 Å². The Hall–Kier alpha value is -1.30. The molecule has 18 heavy (non-hydrogen) atoms. The number of likely N-dealkylation sites (N-methyl/N-ethyl adjacent to an activating group) is 1. The van der Waals surface area contributed by atoms with Crippen LogP contribution in [0.3, 0.4) is 0 Å². The number of hydrogen-bond acceptors (Lipinski definition) is 3. The van der Waals surface area contributed by atoms with Gasteiger partial charge in [-0.05, 0) is 26.7 Å². The summed E-state index contributed by atoms with van der Waals surface area (Å²) >= 11 is 0. The monoisotopic (exact) mass is 258 g/mol. The summed E-state index contributed by atoms with van der Waals surface area (Å²) in [5, 5.41) is 18.2. The molecule has 1 fully saturated rings. The van der Waals surface area contributed by atoms with Gasteiger partial charge in [-0.1, -0.05) is 0 Å². The minimum atomic E-state index is -0.786. The molecule has 0 aliphatic carbocycles. The molecule has 2 N–H and O–H groups in total. The SMILES string of the molecule is CC(O)CN(C)C(=O)N1CCC(C(=O)O)CC1C. The highest BCUT2D eigenvalue weighted by atomic mass is 16.4. The lowest BCUT2D eigenvalue weighted by atomic mass is 9.92. The summed E-state index contributed by atoms with van der Waals surface area (Å²) in [6.45, 7) is 4.23. The van der Waals surface area contributed by atoms with E-state index in [-0.39, 0.29) is 24.5 Å². The van der Waals surface area contributed by atoms with Crippen LogP contribution in [0.4, 0.5) is 4.79 Å². The number of amides is 2. The number of carbonyl (C=O) groups excluding carboxylic acids is 1. The zero-order valence-electron chi connectivity index (χ0n) is 11.2. The van der Waals surface area contributed by atoms with Gasteiger partial charge in [0.1, 0.15) is 0 Å². The fraction of sp³-hybridized carbons (Fsp3) is 0.833. The Morgan fingerprint density at radius 1 is 1.50 bits per heavy atom. The lowest BCUT2D eigenvalue weighted by Crippen LogP contribution is -2.51. The molecule has 1 heterocycles. The Balaban J connectivity index is 2.58. The smallest absolute Gasteiger partial charge is 0.320 e. The van der Waals surface area contributed by atoms with Crippen molar-refractivity contribution in [1.29, 1.82) is 0 Å². The molecule has 0 aromatic carbocycles. The van der Waals surface area contributed by atoms with E-state index in [1.54, 1.807) is 18.9 Å². The highest BCUT2D eigenvalue weighted by molar-refractivity contribution is 5.75. The fourth-order valence-corrected chi connectivity index (χ4v) is 2.37. The summed E-state index contributed by atoms with van der Waals surface area (Å²) in [4.78, 5) is 26.2. The second-order valence-corrected chi connectivity index (χ2v) is 5.11. The van der Waals surface area contributed by atoms with E-state index in [0.29, 0.717) is 19.4 Å². The zero-order valence-corrected chi connectivity index (χ0v) is 11.2. The van der Waals surface area contributed by atoms with Gasteiger partial charge in [0, 0.05) is 26.2 Å². The topological polar surface area (TPSA) is 81.1 Å². The molecular weight excluding hydrogens is 236 g/mol. The van der Waals surface area contributed by atoms with Gasteiger partial charge in [-0.3, -0.25) is 4.79 Å². The number of nitrogens with zero attached hydrogens (tertiary/aromatic N) is 2. The molecule has 0 bridgehead atoms. The Morgan fingerprint density at radius 2 is 2.11 bits per heavy atom. The maximum Gasteiger partial charge on any atom is 0.320 e. The summed E-state index contributed by atoms with van der Waals surface area (Å²) in [6.07, 6.45) is 0.420. The van der Waals surface area contributed by atoms with Crippen LogP contribution >= 0.6 is 0 Å². The summed E-state index contributed by atoms with van der Waals surface area (Å²) in [5.74, 6) is -1.14. The van der Waals surface area contributed by atoms with Crippen molar-refractivity contribution in [2.45, 2.75) is 38.8 Å². The van der Waals surface area contributed by atoms with Crippen LogP contribution in [0.1, 0.15) is 26.7 Å². The van der Waals surface area contributed by atoms with Gasteiger partial charge in [0.25, 0.3) is 0 Å². The number of carboxylic acid groups (broad SMARTS) is 1. The van der Waals surface area contributed by atoms with Crippen LogP contribution in [-0.2, 0) is 4.79 Å². The van der Waals surface area contributed by atoms with Crippen LogP contribution in [0.15, 0.2) is 0 Å². The first-order valence-electron chi connectivity index (χ1n) is 6.25. The van der Waals surface area contributed by atoms with Gasteiger partial charge >= 0.3 is 12.0 Å². The van der Waals surface area contributed by atoms with E-state index in [9.17, 15) is 14.7 Å². The van der Waals surface area contributed by atoms with Crippen molar-refractivity contribution in [1.82, 2.24) is 9.80 Å². The number of aliphatic hydroxyl groups excluding tert-OH is 1. The molecule has 1 rings (SSSR count). The van der Waals surface area contributed by atoms with E-state index in [2.05, 4.69) is 0 Å². The molecule has 1 aliphatic heterocycles. The van der Waals surface area contributed by atoms with E-state index in [1.807, 2.05) is 6.92 Å². The van der Waals surface area contributed by atoms with Gasteiger partial charge < -0.3 is 20.0 Å². The van der Waals surface area contributed by atoms with Crippen LogP contribution in [-0.4, -0.2) is 64.3 Å². The second-order valence-electron chi connectivity index (χ2n) is 5.11. The molecular formula is C12H22N2O4. The molecule has 6 nitrogen and oxygen atoms in total. The number of aliphatic carboxylic acids is 1. The third kappa shape index (κ3) is 3.60. The van der Waals surface area contributed by atoms with Gasteiger partial charge in [-0.25, -0.2) is 4.79 Å². The Labute approximate surface area is 107 Å². The molecule has 6 heteroatoms. The summed E-state index contributed by atoms with van der Waals surface area (Å²) in [7, 11) is 1.64. The first-order valence-corrected chi connectivity index (χ1v) is 6.25. The highest BCUT2D eigenvalue weighted by Crippen LogP contribution is 2.23. The maximum atomic E-state index is 12.1. The predicted octanol–water partition coefficient (Wildman–Crippen LogP) is 0.604. The third-order valence-corrected chi connectivity index (χ3v) is 3.34. The van der Waals surface area contributed by atoms with Crippen molar-refractivity contribution >= 4 is 12.0 Å². The average Bonchev–Trinajstić information content (AvgIpc) is 2.26. The molecule has 0 radical (unpaired) electrons. The van der Waals surface area contributed by atoms with Crippen molar-refractivity contribution in [3.8, 4) is 0 Å². The van der Waals surface area contributed by atoms with E-state index >= 15 is 0 Å². The molecule has 3 atom stereocenters. The van der Waals surface area contributed by atoms with Gasteiger partial charge in [-0.2, -0.15) is 0 Å². The minimum Gasteiger partial charge on any atom is -0.481 e. The van der Waals surface area contributed by atoms with Crippen LogP contribution in [0, 0.1) is 5.92 Å². The van der Waals surface area contributed by atoms with Crippen LogP contribution < -0.4 is 0 Å². The number of aliphatic hydroxyl groups is 1. The summed E-state index contributed by atoms with van der Waals surface area (Å²) in [6, 6.07) is -0.226. The van der Waals surface area contributed by atoms with Gasteiger partial charge in [0.15, 0.2) is 0 Å². The van der Waals surface area contributed by atoms with E-state index in [0.717, 1.165) is 0 Å². The molecule has 0 spiro atoms. The minimum absolute atomic E-state index is 0.0798. The largest absolute Gasteiger partial charge is 0.481 e. The van der Waals surface area contributed by atoms with Crippen molar-refractivity contribution in [2.24, 2.45) is 5.92 Å². The number of hydrogen-bond donors (Lipinski definition) is 2. The lowest BCUT2D eigenvalue weighted by molar-refractivity contribution is -0.143. The Kier molecular flexibility index (Phi) is 4.95. The second kappa shape index (κ2) is 6.04. The molecule has 104 valence electrons. The first kappa shape index (κ1) is 14.8. The number of likely N-dealkylation sites (tertiary alicyclic amines) is 1. The van der Waals surface area contributed by atoms with E-state index < -0.39 is 12.1 Å². The molecule has 0 saturated carbocycles. The molecule has 1 saturated heterocycles. The van der Waals surface area contributed by atoms with Crippen molar-refractivity contribution in [3.05, 3.63) is 0 Å². The summed E-state index contributed by atoms with van der Waals surface area (Å²) in [5.41, 5.74) is 0. The fourth-order valence-electron chi connectivity index (χ4n) is 2.37. The number of rotatable bonds is 3. The van der Waals surface area contributed by atoms with Crippen molar-refractivity contribution in [3.63, 3.8) is 0 Å². The predicted molar refractivity (Wildman–Crippen MR) is 66.2 cm³/mol. The number of piperidine rings is 1. The summed E-state index contributed by atoms with van der Waals surface area (Å²) < 4.78 is 0. The molecule has 3 unspecified atom stereocenters. The number of carboxylic acids is 1. The van der Waals surface area contributed by atoms with Crippen molar-refractivity contribution < 1.29 is 19.8 Å². The number of carbonyl (C=O) groups is 2. The Morgan fingerprint density at radius 3 is 2.56 bits per heavy atom. The standard InChI is InChI=1S/C12H22N2O4/c1-8-6-10(11(16)17)4-5-14(8)12(18)13(3)7-9(2)15/h8-10,15H,4-7H2,1-3H3,(H,16,17). The molecule has 2 amide bonds. The van der Waals surface area contributed by atoms with Crippen LogP contribution in [0.25, 0.3) is 0 Å².